The van der Waals surface area contributed by atoms with Crippen LogP contribution in [0.25, 0.3) is 46.0 Å². The molecule has 0 amide bonds. The summed E-state index contributed by atoms with van der Waals surface area (Å²) in [5.74, 6) is 0. The highest BCUT2D eigenvalue weighted by atomic mass is 14.7. The fourth-order valence-electron chi connectivity index (χ4n) is 3.80. The highest BCUT2D eigenvalue weighted by Gasteiger charge is 2.10. The van der Waals surface area contributed by atoms with Crippen LogP contribution in [0.3, 0.4) is 0 Å². The number of nitrogens with one attached hydrogen (secondary N) is 1. The molecule has 0 fully saturated rings. The van der Waals surface area contributed by atoms with E-state index in [9.17, 15) is 0 Å². The van der Waals surface area contributed by atoms with Crippen LogP contribution in [0.2, 0.25) is 0 Å². The average Bonchev–Trinajstić information content (AvgIpc) is 3.15. The molecule has 5 rings (SSSR count). The Balaban J connectivity index is 1.70. The van der Waals surface area contributed by atoms with Gasteiger partial charge in [0.15, 0.2) is 0 Å². The first-order valence-corrected chi connectivity index (χ1v) is 9.88. The predicted molar refractivity (Wildman–Crippen MR) is 127 cm³/mol. The summed E-state index contributed by atoms with van der Waals surface area (Å²) in [4.78, 5) is 3.62. The molecule has 138 valence electrons. The third kappa shape index (κ3) is 3.51. The topological polar surface area (TPSA) is 15.8 Å². The molecule has 0 atom stereocenters. The molecule has 1 heterocycles. The lowest BCUT2D eigenvalue weighted by Crippen LogP contribution is -1.79. The molecule has 0 aliphatic heterocycles. The van der Waals surface area contributed by atoms with Gasteiger partial charge >= 0.3 is 0 Å². The second-order valence-corrected chi connectivity index (χ2v) is 7.15. The quantitative estimate of drug-likeness (QED) is 0.334. The van der Waals surface area contributed by atoms with E-state index in [1.165, 1.54) is 32.8 Å². The largest absolute Gasteiger partial charge is 0.354 e. The molecule has 0 aliphatic rings. The van der Waals surface area contributed by atoms with Crippen molar-refractivity contribution < 1.29 is 0 Å². The van der Waals surface area contributed by atoms with E-state index in [1.807, 2.05) is 12.1 Å². The van der Waals surface area contributed by atoms with E-state index in [1.54, 1.807) is 0 Å². The summed E-state index contributed by atoms with van der Waals surface area (Å²) in [6, 6.07) is 33.8. The fraction of sp³-hybridized carbons (Fsp3) is 0. The second-order valence-electron chi connectivity index (χ2n) is 7.15. The lowest BCUT2D eigenvalue weighted by Gasteiger charge is -2.01. The van der Waals surface area contributed by atoms with Crippen LogP contribution in [0.15, 0.2) is 97.1 Å². The molecule has 0 unspecified atom stereocenters. The lowest BCUT2D eigenvalue weighted by molar-refractivity contribution is 1.43. The van der Waals surface area contributed by atoms with E-state index in [2.05, 4.69) is 114 Å². The zero-order valence-corrected chi connectivity index (χ0v) is 16.0. The van der Waals surface area contributed by atoms with Gasteiger partial charge in [-0.2, -0.15) is 0 Å². The van der Waals surface area contributed by atoms with Crippen LogP contribution >= 0.6 is 0 Å². The Kier molecular flexibility index (Phi) is 4.56. The van der Waals surface area contributed by atoms with Gasteiger partial charge in [0.2, 0.25) is 0 Å². The summed E-state index contributed by atoms with van der Waals surface area (Å²) in [6.07, 6.45) is 8.75. The standard InChI is InChI=1S/C28H21N/c1-3-9-21(10-4-1)15-18-25-26(19-16-22-11-5-2-6-12-22)29-27-20-17-23-13-7-8-14-24(23)28(25)27/h1-20,29H/b18-15+,19-16+. The highest BCUT2D eigenvalue weighted by molar-refractivity contribution is 6.12. The number of rotatable bonds is 4. The summed E-state index contributed by atoms with van der Waals surface area (Å²) >= 11 is 0. The minimum Gasteiger partial charge on any atom is -0.354 e. The Morgan fingerprint density at radius 2 is 1.14 bits per heavy atom. The smallest absolute Gasteiger partial charge is 0.0471 e. The molecule has 0 bridgehead atoms. The molecule has 29 heavy (non-hydrogen) atoms. The van der Waals surface area contributed by atoms with Crippen molar-refractivity contribution in [1.82, 2.24) is 4.98 Å². The Morgan fingerprint density at radius 3 is 1.86 bits per heavy atom. The normalized spacial score (nSPS) is 11.9. The van der Waals surface area contributed by atoms with Gasteiger partial charge in [0.25, 0.3) is 0 Å². The van der Waals surface area contributed by atoms with Crippen molar-refractivity contribution in [2.75, 3.05) is 0 Å². The van der Waals surface area contributed by atoms with Gasteiger partial charge in [0, 0.05) is 22.2 Å². The Bertz CT molecular complexity index is 1320. The maximum absolute atomic E-state index is 3.62. The number of hydrogen-bond donors (Lipinski definition) is 1. The van der Waals surface area contributed by atoms with E-state index in [0.29, 0.717) is 0 Å². The van der Waals surface area contributed by atoms with E-state index in [0.717, 1.165) is 11.2 Å². The van der Waals surface area contributed by atoms with Gasteiger partial charge in [-0.3, -0.25) is 0 Å². The summed E-state index contributed by atoms with van der Waals surface area (Å²) in [7, 11) is 0. The van der Waals surface area contributed by atoms with Crippen LogP contribution in [0.4, 0.5) is 0 Å². The van der Waals surface area contributed by atoms with Crippen molar-refractivity contribution in [3.8, 4) is 0 Å². The average molecular weight is 371 g/mol. The summed E-state index contributed by atoms with van der Waals surface area (Å²) in [5, 5.41) is 3.79. The van der Waals surface area contributed by atoms with Crippen LogP contribution in [0.1, 0.15) is 22.4 Å². The minimum atomic E-state index is 1.12. The van der Waals surface area contributed by atoms with E-state index in [4.69, 9.17) is 0 Å². The van der Waals surface area contributed by atoms with Crippen LogP contribution < -0.4 is 0 Å². The number of aromatic nitrogens is 1. The molecule has 0 radical (unpaired) electrons. The Hall–Kier alpha value is -3.84. The molecule has 1 heteroatoms. The predicted octanol–water partition coefficient (Wildman–Crippen LogP) is 7.66. The molecule has 1 N–H and O–H groups in total. The summed E-state index contributed by atoms with van der Waals surface area (Å²) < 4.78 is 0. The number of fused-ring (bicyclic) bond motifs is 3. The number of H-pyrrole nitrogens is 1. The highest BCUT2D eigenvalue weighted by Crippen LogP contribution is 2.32. The molecular weight excluding hydrogens is 350 g/mol. The zero-order chi connectivity index (χ0) is 19.5. The molecule has 0 saturated heterocycles. The fourth-order valence-corrected chi connectivity index (χ4v) is 3.80. The number of benzene rings is 4. The molecule has 4 aromatic carbocycles. The van der Waals surface area contributed by atoms with E-state index in [-0.39, 0.29) is 0 Å². The van der Waals surface area contributed by atoms with Crippen LogP contribution in [0, 0.1) is 0 Å². The first-order chi connectivity index (χ1) is 14.4. The van der Waals surface area contributed by atoms with Gasteiger partial charge in [-0.15, -0.1) is 0 Å². The Labute approximate surface area is 170 Å². The zero-order valence-electron chi connectivity index (χ0n) is 16.0. The molecule has 1 aromatic heterocycles. The van der Waals surface area contributed by atoms with E-state index >= 15 is 0 Å². The second kappa shape index (κ2) is 7.65. The van der Waals surface area contributed by atoms with Crippen molar-refractivity contribution in [1.29, 1.82) is 0 Å². The van der Waals surface area contributed by atoms with Crippen molar-refractivity contribution >= 4 is 46.0 Å². The minimum absolute atomic E-state index is 1.12. The van der Waals surface area contributed by atoms with E-state index < -0.39 is 0 Å². The van der Waals surface area contributed by atoms with Crippen LogP contribution in [-0.2, 0) is 0 Å². The molecule has 5 aromatic rings. The third-order valence-corrected chi connectivity index (χ3v) is 5.24. The van der Waals surface area contributed by atoms with Gasteiger partial charge < -0.3 is 4.98 Å². The van der Waals surface area contributed by atoms with Crippen molar-refractivity contribution in [3.05, 3.63) is 119 Å². The Morgan fingerprint density at radius 1 is 0.517 bits per heavy atom. The first-order valence-electron chi connectivity index (χ1n) is 9.88. The third-order valence-electron chi connectivity index (χ3n) is 5.24. The molecular formula is C28H21N. The SMILES string of the molecule is C(=C\c1[nH]c2ccc3ccccc3c2c1/C=C/c1ccccc1)/c1ccccc1. The first kappa shape index (κ1) is 17.3. The van der Waals surface area contributed by atoms with Gasteiger partial charge in [-0.1, -0.05) is 109 Å². The monoisotopic (exact) mass is 371 g/mol. The number of hydrogen-bond acceptors (Lipinski definition) is 0. The van der Waals surface area contributed by atoms with Crippen molar-refractivity contribution in [2.24, 2.45) is 0 Å². The van der Waals surface area contributed by atoms with Gasteiger partial charge in [0.1, 0.15) is 0 Å². The van der Waals surface area contributed by atoms with Gasteiger partial charge in [-0.05, 0) is 34.0 Å². The van der Waals surface area contributed by atoms with Gasteiger partial charge in [-0.25, -0.2) is 0 Å². The lowest BCUT2D eigenvalue weighted by atomic mass is 10.0. The molecule has 0 saturated carbocycles. The molecule has 0 aliphatic carbocycles. The molecule has 0 spiro atoms. The van der Waals surface area contributed by atoms with Crippen molar-refractivity contribution in [2.45, 2.75) is 0 Å². The maximum Gasteiger partial charge on any atom is 0.0471 e. The summed E-state index contributed by atoms with van der Waals surface area (Å²) in [5.41, 5.74) is 5.87. The maximum atomic E-state index is 3.62. The summed E-state index contributed by atoms with van der Waals surface area (Å²) in [6.45, 7) is 0. The van der Waals surface area contributed by atoms with Crippen LogP contribution in [0.5, 0.6) is 0 Å². The molecule has 1 nitrogen and oxygen atoms in total. The van der Waals surface area contributed by atoms with Crippen molar-refractivity contribution in [3.63, 3.8) is 0 Å². The number of aromatic amines is 1. The van der Waals surface area contributed by atoms with Gasteiger partial charge in [0.05, 0.1) is 0 Å². The van der Waals surface area contributed by atoms with Crippen LogP contribution in [-0.4, -0.2) is 4.98 Å².